The lowest BCUT2D eigenvalue weighted by molar-refractivity contribution is -0.137. The first-order chi connectivity index (χ1) is 13.3. The van der Waals surface area contributed by atoms with Gasteiger partial charge >= 0.3 is 0 Å². The van der Waals surface area contributed by atoms with Crippen LogP contribution in [0, 0.1) is 0 Å². The van der Waals surface area contributed by atoms with Crippen molar-refractivity contribution < 1.29 is 9.90 Å². The van der Waals surface area contributed by atoms with Crippen LogP contribution in [0.3, 0.4) is 0 Å². The summed E-state index contributed by atoms with van der Waals surface area (Å²) in [4.78, 5) is 33.3. The van der Waals surface area contributed by atoms with Gasteiger partial charge in [-0.3, -0.25) is 19.1 Å². The Bertz CT molecular complexity index is 902. The van der Waals surface area contributed by atoms with Gasteiger partial charge in [0.05, 0.1) is 35.9 Å². The van der Waals surface area contributed by atoms with Gasteiger partial charge in [-0.2, -0.15) is 0 Å². The van der Waals surface area contributed by atoms with Crippen molar-refractivity contribution in [3.05, 3.63) is 39.9 Å². The molecule has 1 aliphatic rings. The summed E-state index contributed by atoms with van der Waals surface area (Å²) < 4.78 is 1.45. The predicted octanol–water partition coefficient (Wildman–Crippen LogP) is 1.75. The molecular weight excluding hydrogens is 380 g/mol. The molecule has 7 nitrogen and oxygen atoms in total. The Hall–Kier alpha value is -1.96. The van der Waals surface area contributed by atoms with Crippen LogP contribution in [0.5, 0.6) is 0 Å². The minimum atomic E-state index is -1.03. The van der Waals surface area contributed by atoms with Crippen molar-refractivity contribution in [3.63, 3.8) is 0 Å². The largest absolute Gasteiger partial charge is 0.388 e. The molecule has 1 aromatic heterocycles. The molecule has 2 heterocycles. The average Bonchev–Trinajstić information content (AvgIpc) is 2.68. The molecule has 1 aliphatic heterocycles. The minimum Gasteiger partial charge on any atom is -0.388 e. The van der Waals surface area contributed by atoms with E-state index in [0.717, 1.165) is 13.1 Å². The number of fused-ring (bicyclic) bond motifs is 1. The number of carbonyl (C=O) groups is 1. The number of amides is 1. The zero-order valence-electron chi connectivity index (χ0n) is 16.4. The molecule has 8 heteroatoms. The van der Waals surface area contributed by atoms with Gasteiger partial charge in [-0.1, -0.05) is 25.4 Å². The number of nitrogens with zero attached hydrogens (tertiary/aromatic N) is 4. The van der Waals surface area contributed by atoms with Gasteiger partial charge in [0, 0.05) is 18.1 Å². The van der Waals surface area contributed by atoms with Crippen molar-refractivity contribution in [2.45, 2.75) is 38.8 Å². The standard InChI is InChI=1S/C20H27ClN4O3/c1-3-23(4-2)12-18(26)24-9-7-20(28,8-10-24)13-25-14-22-17-11-15(21)5-6-16(17)19(25)27/h5-6,11,14,28H,3-4,7-10,12-13H2,1-2H3. The summed E-state index contributed by atoms with van der Waals surface area (Å²) in [7, 11) is 0. The van der Waals surface area contributed by atoms with Crippen LogP contribution in [0.25, 0.3) is 10.9 Å². The summed E-state index contributed by atoms with van der Waals surface area (Å²) in [5, 5.41) is 12.0. The highest BCUT2D eigenvalue weighted by atomic mass is 35.5. The van der Waals surface area contributed by atoms with Crippen molar-refractivity contribution in [3.8, 4) is 0 Å². The highest BCUT2D eigenvalue weighted by Gasteiger charge is 2.34. The number of likely N-dealkylation sites (N-methyl/N-ethyl adjacent to an activating group) is 1. The summed E-state index contributed by atoms with van der Waals surface area (Å²) >= 11 is 5.95. The molecule has 0 unspecified atom stereocenters. The summed E-state index contributed by atoms with van der Waals surface area (Å²) in [6, 6.07) is 4.96. The predicted molar refractivity (Wildman–Crippen MR) is 110 cm³/mol. The number of piperidine rings is 1. The second-order valence-corrected chi connectivity index (χ2v) is 7.84. The molecule has 1 N–H and O–H groups in total. The SMILES string of the molecule is CCN(CC)CC(=O)N1CCC(O)(Cn2cnc3cc(Cl)ccc3c2=O)CC1. The third kappa shape index (κ3) is 4.54. The van der Waals surface area contributed by atoms with E-state index in [9.17, 15) is 14.7 Å². The monoisotopic (exact) mass is 406 g/mol. The third-order valence-corrected chi connectivity index (χ3v) is 5.79. The maximum Gasteiger partial charge on any atom is 0.261 e. The molecular formula is C20H27ClN4O3. The van der Waals surface area contributed by atoms with Crippen LogP contribution in [-0.2, 0) is 11.3 Å². The molecule has 0 saturated carbocycles. The lowest BCUT2D eigenvalue weighted by Crippen LogP contribution is -2.51. The summed E-state index contributed by atoms with van der Waals surface area (Å²) in [5.41, 5.74) is -0.690. The molecule has 28 heavy (non-hydrogen) atoms. The molecule has 0 spiro atoms. The number of aliphatic hydroxyl groups is 1. The Balaban J connectivity index is 1.67. The quantitative estimate of drug-likeness (QED) is 0.790. The second-order valence-electron chi connectivity index (χ2n) is 7.41. The Morgan fingerprint density at radius 3 is 2.61 bits per heavy atom. The van der Waals surface area contributed by atoms with Crippen LogP contribution in [0.2, 0.25) is 5.02 Å². The maximum atomic E-state index is 12.7. The van der Waals surface area contributed by atoms with Crippen LogP contribution >= 0.6 is 11.6 Å². The van der Waals surface area contributed by atoms with Gasteiger partial charge in [0.25, 0.3) is 5.56 Å². The zero-order valence-corrected chi connectivity index (χ0v) is 17.2. The van der Waals surface area contributed by atoms with Gasteiger partial charge in [-0.05, 0) is 44.1 Å². The molecule has 0 atom stereocenters. The molecule has 0 radical (unpaired) electrons. The molecule has 1 amide bonds. The van der Waals surface area contributed by atoms with Gasteiger partial charge < -0.3 is 10.0 Å². The molecule has 1 saturated heterocycles. The number of likely N-dealkylation sites (tertiary alicyclic amines) is 1. The van der Waals surface area contributed by atoms with E-state index >= 15 is 0 Å². The highest BCUT2D eigenvalue weighted by Crippen LogP contribution is 2.24. The van der Waals surface area contributed by atoms with Crippen molar-refractivity contribution >= 4 is 28.4 Å². The van der Waals surface area contributed by atoms with Crippen molar-refractivity contribution in [2.75, 3.05) is 32.7 Å². The van der Waals surface area contributed by atoms with E-state index in [4.69, 9.17) is 11.6 Å². The first-order valence-corrected chi connectivity index (χ1v) is 10.1. The summed E-state index contributed by atoms with van der Waals surface area (Å²) in [6.45, 7) is 7.29. The third-order valence-electron chi connectivity index (χ3n) is 5.55. The molecule has 3 rings (SSSR count). The molecule has 152 valence electrons. The minimum absolute atomic E-state index is 0.0900. The van der Waals surface area contributed by atoms with Crippen LogP contribution in [-0.4, -0.2) is 68.7 Å². The smallest absolute Gasteiger partial charge is 0.261 e. The van der Waals surface area contributed by atoms with Crippen molar-refractivity contribution in [1.29, 1.82) is 0 Å². The lowest BCUT2D eigenvalue weighted by Gasteiger charge is -2.39. The van der Waals surface area contributed by atoms with Crippen LogP contribution in [0.1, 0.15) is 26.7 Å². The van der Waals surface area contributed by atoms with Gasteiger partial charge in [0.15, 0.2) is 0 Å². The molecule has 1 fully saturated rings. The van der Waals surface area contributed by atoms with E-state index < -0.39 is 5.60 Å². The highest BCUT2D eigenvalue weighted by molar-refractivity contribution is 6.31. The van der Waals surface area contributed by atoms with Crippen molar-refractivity contribution in [1.82, 2.24) is 19.4 Å². The van der Waals surface area contributed by atoms with E-state index in [1.807, 2.05) is 13.8 Å². The first kappa shape index (κ1) is 20.8. The fourth-order valence-electron chi connectivity index (χ4n) is 3.63. The number of aromatic nitrogens is 2. The van der Waals surface area contributed by atoms with E-state index in [1.54, 1.807) is 23.1 Å². The Labute approximate surface area is 169 Å². The summed E-state index contributed by atoms with van der Waals surface area (Å²) in [6.07, 6.45) is 2.32. The fourth-order valence-corrected chi connectivity index (χ4v) is 3.80. The van der Waals surface area contributed by atoms with E-state index in [1.165, 1.54) is 10.9 Å². The van der Waals surface area contributed by atoms with Crippen molar-refractivity contribution in [2.24, 2.45) is 0 Å². The molecule has 1 aromatic carbocycles. The van der Waals surface area contributed by atoms with Gasteiger partial charge in [-0.25, -0.2) is 4.98 Å². The zero-order chi connectivity index (χ0) is 20.3. The molecule has 2 aromatic rings. The number of hydrogen-bond acceptors (Lipinski definition) is 5. The number of rotatable bonds is 6. The van der Waals surface area contributed by atoms with Crippen LogP contribution in [0.15, 0.2) is 29.3 Å². The van der Waals surface area contributed by atoms with Crippen LogP contribution < -0.4 is 5.56 Å². The topological polar surface area (TPSA) is 78.7 Å². The molecule has 0 aliphatic carbocycles. The number of benzene rings is 1. The fraction of sp³-hybridized carbons (Fsp3) is 0.550. The number of hydrogen-bond donors (Lipinski definition) is 1. The Morgan fingerprint density at radius 2 is 1.96 bits per heavy atom. The summed E-state index contributed by atoms with van der Waals surface area (Å²) in [5.74, 6) is 0.0900. The van der Waals surface area contributed by atoms with Gasteiger partial charge in [0.2, 0.25) is 5.91 Å². The number of carbonyl (C=O) groups excluding carboxylic acids is 1. The maximum absolute atomic E-state index is 12.7. The van der Waals surface area contributed by atoms with Crippen LogP contribution in [0.4, 0.5) is 0 Å². The normalized spacial score (nSPS) is 16.7. The lowest BCUT2D eigenvalue weighted by atomic mass is 9.91. The van der Waals surface area contributed by atoms with Gasteiger partial charge in [-0.15, -0.1) is 0 Å². The first-order valence-electron chi connectivity index (χ1n) is 9.72. The number of halogens is 1. The van der Waals surface area contributed by atoms with E-state index in [2.05, 4.69) is 9.88 Å². The van der Waals surface area contributed by atoms with E-state index in [0.29, 0.717) is 48.4 Å². The van der Waals surface area contributed by atoms with Gasteiger partial charge in [0.1, 0.15) is 0 Å². The van der Waals surface area contributed by atoms with E-state index in [-0.39, 0.29) is 18.0 Å². The Morgan fingerprint density at radius 1 is 1.29 bits per heavy atom. The second kappa shape index (κ2) is 8.59. The molecule has 0 bridgehead atoms. The average molecular weight is 407 g/mol. The Kier molecular flexibility index (Phi) is 6.37.